The summed E-state index contributed by atoms with van der Waals surface area (Å²) in [6, 6.07) is 8.02. The molecule has 0 amide bonds. The summed E-state index contributed by atoms with van der Waals surface area (Å²) in [5, 5.41) is 11.5. The largest absolute Gasteiger partial charge is 0.497 e. The first kappa shape index (κ1) is 26.7. The molecule has 1 saturated heterocycles. The predicted molar refractivity (Wildman–Crippen MR) is 139 cm³/mol. The summed E-state index contributed by atoms with van der Waals surface area (Å²) in [6.45, 7) is 3.24. The zero-order valence-electron chi connectivity index (χ0n) is 20.5. The highest BCUT2D eigenvalue weighted by Crippen LogP contribution is 2.49. The summed E-state index contributed by atoms with van der Waals surface area (Å²) in [7, 11) is 7.60. The second kappa shape index (κ2) is 12.7. The van der Waals surface area contributed by atoms with Gasteiger partial charge in [0.1, 0.15) is 12.5 Å². The van der Waals surface area contributed by atoms with Crippen molar-refractivity contribution in [2.24, 2.45) is 0 Å². The third kappa shape index (κ3) is 8.08. The van der Waals surface area contributed by atoms with Gasteiger partial charge in [0.25, 0.3) is 0 Å². The summed E-state index contributed by atoms with van der Waals surface area (Å²) >= 11 is 0. The number of benzene rings is 1. The number of hydrogen-bond acceptors (Lipinski definition) is 7. The lowest BCUT2D eigenvalue weighted by molar-refractivity contribution is -0.148. The van der Waals surface area contributed by atoms with Gasteiger partial charge in [-0.15, -0.1) is 0 Å². The van der Waals surface area contributed by atoms with Gasteiger partial charge in [-0.2, -0.15) is 0 Å². The highest BCUT2D eigenvalue weighted by molar-refractivity contribution is 8.77. The van der Waals surface area contributed by atoms with Crippen LogP contribution in [0.2, 0.25) is 0 Å². The second-order valence-electron chi connectivity index (χ2n) is 9.99. The van der Waals surface area contributed by atoms with E-state index in [1.165, 1.54) is 25.0 Å². The Bertz CT molecular complexity index is 730. The smallest absolute Gasteiger partial charge is 0.307 e. The molecule has 1 aromatic rings. The molecule has 1 N–H and O–H groups in total. The van der Waals surface area contributed by atoms with E-state index < -0.39 is 5.60 Å². The van der Waals surface area contributed by atoms with E-state index in [9.17, 15) is 9.90 Å². The van der Waals surface area contributed by atoms with Crippen molar-refractivity contribution in [2.75, 3.05) is 33.2 Å². The lowest BCUT2D eigenvalue weighted by atomic mass is 9.72. The van der Waals surface area contributed by atoms with Gasteiger partial charge in [-0.25, -0.2) is 0 Å². The molecule has 0 bridgehead atoms. The highest BCUT2D eigenvalue weighted by atomic mass is 33.1. The first-order valence-corrected chi connectivity index (χ1v) is 14.7. The molecule has 0 aromatic heterocycles. The summed E-state index contributed by atoms with van der Waals surface area (Å²) in [4.78, 5) is 14.3. The molecular formula is C26H41NO4S2. The number of likely N-dealkylation sites (N-methyl/N-ethyl adjacent to an activating group) is 1. The minimum Gasteiger partial charge on any atom is -0.497 e. The number of hydrogen-bond donors (Lipinski definition) is 1. The van der Waals surface area contributed by atoms with Gasteiger partial charge >= 0.3 is 5.97 Å². The van der Waals surface area contributed by atoms with Crippen molar-refractivity contribution in [3.8, 4) is 5.75 Å². The van der Waals surface area contributed by atoms with E-state index in [2.05, 4.69) is 19.1 Å². The zero-order valence-corrected chi connectivity index (χ0v) is 22.1. The lowest BCUT2D eigenvalue weighted by Gasteiger charge is -2.41. The monoisotopic (exact) mass is 495 g/mol. The number of aliphatic hydroxyl groups is 1. The Kier molecular flexibility index (Phi) is 10.3. The molecule has 1 saturated carbocycles. The number of ether oxygens (including phenoxy) is 2. The molecule has 2 atom stereocenters. The van der Waals surface area contributed by atoms with Crippen molar-refractivity contribution in [2.45, 2.75) is 87.4 Å². The van der Waals surface area contributed by atoms with Crippen LogP contribution in [-0.4, -0.2) is 59.5 Å². The first-order chi connectivity index (χ1) is 15.8. The number of methoxy groups -OCH3 is 1. The Balaban J connectivity index is 1.48. The van der Waals surface area contributed by atoms with Crippen LogP contribution in [0.15, 0.2) is 24.3 Å². The summed E-state index contributed by atoms with van der Waals surface area (Å²) < 4.78 is 11.3. The van der Waals surface area contributed by atoms with Crippen molar-refractivity contribution >= 4 is 27.6 Å². The Morgan fingerprint density at radius 1 is 1.15 bits per heavy atom. The van der Waals surface area contributed by atoms with Crippen molar-refractivity contribution in [3.63, 3.8) is 0 Å². The first-order valence-electron chi connectivity index (χ1n) is 12.3. The molecular weight excluding hydrogens is 454 g/mol. The van der Waals surface area contributed by atoms with Gasteiger partial charge in [0.05, 0.1) is 12.7 Å². The van der Waals surface area contributed by atoms with E-state index in [4.69, 9.17) is 9.47 Å². The number of carbonyl (C=O) groups excluding carboxylic acids is 1. The van der Waals surface area contributed by atoms with Crippen LogP contribution >= 0.6 is 21.6 Å². The van der Waals surface area contributed by atoms with E-state index in [1.54, 1.807) is 7.11 Å². The molecule has 186 valence electrons. The van der Waals surface area contributed by atoms with E-state index >= 15 is 0 Å². The maximum Gasteiger partial charge on any atom is 0.307 e. The van der Waals surface area contributed by atoms with Gasteiger partial charge in [-0.1, -0.05) is 59.4 Å². The normalized spacial score (nSPS) is 23.4. The van der Waals surface area contributed by atoms with E-state index in [0.29, 0.717) is 17.7 Å². The summed E-state index contributed by atoms with van der Waals surface area (Å²) in [6.07, 6.45) is 9.78. The van der Waals surface area contributed by atoms with Crippen molar-refractivity contribution < 1.29 is 19.4 Å². The Morgan fingerprint density at radius 2 is 1.88 bits per heavy atom. The molecule has 2 fully saturated rings. The molecule has 1 unspecified atom stereocenters. The number of nitrogens with zero attached hydrogens (tertiary/aromatic N) is 1. The van der Waals surface area contributed by atoms with Gasteiger partial charge in [0.15, 0.2) is 0 Å². The third-order valence-electron chi connectivity index (χ3n) is 7.14. The van der Waals surface area contributed by atoms with Gasteiger partial charge in [-0.3, -0.25) is 9.69 Å². The number of unbranched alkanes of at least 4 members (excludes halogenated alkanes) is 1. The minimum absolute atomic E-state index is 0.0325. The molecule has 0 radical (unpaired) electrons. The average Bonchev–Trinajstić information content (AvgIpc) is 3.26. The minimum atomic E-state index is -0.724. The van der Waals surface area contributed by atoms with Crippen molar-refractivity contribution in [1.29, 1.82) is 0 Å². The molecule has 5 nitrogen and oxygen atoms in total. The standard InChI is InChI=1S/C26H41NO4S2/c1-25(17-18-32-33-25)14-8-5-9-24(28)31-20-27(2)19-23(26(29)15-6-4-7-16-26)21-10-12-22(30-3)13-11-21/h10-13,23,29H,4-9,14-20H2,1-3H3/t23?,25-/m1/s1. The van der Waals surface area contributed by atoms with E-state index in [1.807, 2.05) is 45.7 Å². The third-order valence-corrected chi connectivity index (χ3v) is 10.5. The molecule has 0 spiro atoms. The van der Waals surface area contributed by atoms with Crippen LogP contribution in [-0.2, 0) is 9.53 Å². The number of rotatable bonds is 12. The Hall–Kier alpha value is -0.890. The zero-order chi connectivity index (χ0) is 23.7. The fourth-order valence-corrected chi connectivity index (χ4v) is 8.27. The fraction of sp³-hybridized carbons (Fsp3) is 0.731. The highest BCUT2D eigenvalue weighted by Gasteiger charge is 2.39. The maximum atomic E-state index is 12.3. The van der Waals surface area contributed by atoms with Crippen LogP contribution in [0.5, 0.6) is 5.75 Å². The van der Waals surface area contributed by atoms with E-state index in [-0.39, 0.29) is 18.6 Å². The predicted octanol–water partition coefficient (Wildman–Crippen LogP) is 6.01. The number of carbonyl (C=O) groups is 1. The molecule has 2 aliphatic rings. The molecule has 3 rings (SSSR count). The van der Waals surface area contributed by atoms with Gasteiger partial charge in [0, 0.05) is 29.4 Å². The summed E-state index contributed by atoms with van der Waals surface area (Å²) in [5.41, 5.74) is 0.382. The quantitative estimate of drug-likeness (QED) is 0.165. The Morgan fingerprint density at radius 3 is 2.52 bits per heavy atom. The van der Waals surface area contributed by atoms with Crippen molar-refractivity contribution in [1.82, 2.24) is 4.90 Å². The molecule has 33 heavy (non-hydrogen) atoms. The maximum absolute atomic E-state index is 12.3. The van der Waals surface area contributed by atoms with Crippen LogP contribution in [0, 0.1) is 0 Å². The SMILES string of the molecule is COc1ccc(C(CN(C)COC(=O)CCCC[C@]2(C)CCSS2)C2(O)CCCCC2)cc1. The van der Waals surface area contributed by atoms with Crippen LogP contribution < -0.4 is 4.74 Å². The molecule has 1 heterocycles. The van der Waals surface area contributed by atoms with Crippen LogP contribution in [0.4, 0.5) is 0 Å². The van der Waals surface area contributed by atoms with Gasteiger partial charge < -0.3 is 14.6 Å². The van der Waals surface area contributed by atoms with Gasteiger partial charge in [0.2, 0.25) is 0 Å². The molecule has 7 heteroatoms. The number of esters is 1. The van der Waals surface area contributed by atoms with Crippen LogP contribution in [0.25, 0.3) is 0 Å². The summed E-state index contributed by atoms with van der Waals surface area (Å²) in [5.74, 6) is 1.89. The lowest BCUT2D eigenvalue weighted by Crippen LogP contribution is -2.44. The van der Waals surface area contributed by atoms with Crippen LogP contribution in [0.1, 0.15) is 82.6 Å². The molecule has 1 aromatic carbocycles. The average molecular weight is 496 g/mol. The van der Waals surface area contributed by atoms with Gasteiger partial charge in [-0.05, 0) is 63.8 Å². The fourth-order valence-electron chi connectivity index (χ4n) is 4.97. The Labute approximate surface area is 207 Å². The molecule has 1 aliphatic heterocycles. The molecule has 1 aliphatic carbocycles. The van der Waals surface area contributed by atoms with Crippen LogP contribution in [0.3, 0.4) is 0 Å². The second-order valence-corrected chi connectivity index (χ2v) is 13.0. The van der Waals surface area contributed by atoms with E-state index in [0.717, 1.165) is 49.8 Å². The van der Waals surface area contributed by atoms with Crippen molar-refractivity contribution in [3.05, 3.63) is 29.8 Å². The topological polar surface area (TPSA) is 59.0 Å².